The molecule has 1 saturated carbocycles. The molecule has 0 aromatic carbocycles. The van der Waals surface area contributed by atoms with Crippen LogP contribution in [0.3, 0.4) is 0 Å². The monoisotopic (exact) mass is 142 g/mol. The van der Waals surface area contributed by atoms with E-state index in [0.29, 0.717) is 11.9 Å². The second-order valence-electron chi connectivity index (χ2n) is 2.82. The summed E-state index contributed by atoms with van der Waals surface area (Å²) in [6.07, 6.45) is 3.36. The molecule has 3 nitrogen and oxygen atoms in total. The Hall–Kier alpha value is -0.570. The Balaban J connectivity index is 2.35. The fraction of sp³-hybridized carbons (Fsp3) is 0.857. The standard InChI is InChI=1S/C7H14N2O/c1-10-6-3-2-5(4-6)7(8)9/h5-6H,2-4H2,1H3,(H3,8,9). The zero-order valence-electron chi connectivity index (χ0n) is 6.26. The summed E-state index contributed by atoms with van der Waals surface area (Å²) in [6, 6.07) is 0. The molecule has 3 N–H and O–H groups in total. The molecular formula is C7H14N2O. The SMILES string of the molecule is COC1CCC(C(=N)N)C1. The van der Waals surface area contributed by atoms with Gasteiger partial charge in [-0.15, -0.1) is 0 Å². The van der Waals surface area contributed by atoms with Gasteiger partial charge in [0.15, 0.2) is 0 Å². The van der Waals surface area contributed by atoms with E-state index in [9.17, 15) is 0 Å². The molecule has 0 spiro atoms. The maximum atomic E-state index is 7.18. The number of hydrogen-bond donors (Lipinski definition) is 2. The number of amidine groups is 1. The molecule has 0 saturated heterocycles. The molecule has 0 radical (unpaired) electrons. The van der Waals surface area contributed by atoms with Gasteiger partial charge in [-0.25, -0.2) is 0 Å². The zero-order valence-corrected chi connectivity index (χ0v) is 6.26. The lowest BCUT2D eigenvalue weighted by molar-refractivity contribution is 0.107. The van der Waals surface area contributed by atoms with Crippen LogP contribution in [-0.2, 0) is 4.74 Å². The van der Waals surface area contributed by atoms with Gasteiger partial charge in [-0.2, -0.15) is 0 Å². The first-order chi connectivity index (χ1) is 4.74. The summed E-state index contributed by atoms with van der Waals surface area (Å²) < 4.78 is 5.14. The first-order valence-corrected chi connectivity index (χ1v) is 3.60. The van der Waals surface area contributed by atoms with Gasteiger partial charge in [-0.05, 0) is 19.3 Å². The van der Waals surface area contributed by atoms with Crippen molar-refractivity contribution in [1.29, 1.82) is 5.41 Å². The maximum absolute atomic E-state index is 7.18. The molecule has 1 fully saturated rings. The third-order valence-corrected chi connectivity index (χ3v) is 2.16. The smallest absolute Gasteiger partial charge is 0.0937 e. The van der Waals surface area contributed by atoms with E-state index in [0.717, 1.165) is 19.3 Å². The van der Waals surface area contributed by atoms with Crippen molar-refractivity contribution in [2.75, 3.05) is 7.11 Å². The van der Waals surface area contributed by atoms with E-state index in [2.05, 4.69) is 0 Å². The number of ether oxygens (including phenoxy) is 1. The highest BCUT2D eigenvalue weighted by molar-refractivity contribution is 5.79. The zero-order chi connectivity index (χ0) is 7.56. The molecule has 2 atom stereocenters. The molecule has 10 heavy (non-hydrogen) atoms. The van der Waals surface area contributed by atoms with Gasteiger partial charge in [0.2, 0.25) is 0 Å². The molecule has 1 aliphatic rings. The fourth-order valence-electron chi connectivity index (χ4n) is 1.44. The number of rotatable bonds is 2. The predicted molar refractivity (Wildman–Crippen MR) is 40.1 cm³/mol. The van der Waals surface area contributed by atoms with Gasteiger partial charge in [-0.1, -0.05) is 0 Å². The second-order valence-corrected chi connectivity index (χ2v) is 2.82. The topological polar surface area (TPSA) is 59.1 Å². The van der Waals surface area contributed by atoms with E-state index >= 15 is 0 Å². The molecule has 1 aliphatic carbocycles. The van der Waals surface area contributed by atoms with Crippen molar-refractivity contribution in [2.24, 2.45) is 11.7 Å². The summed E-state index contributed by atoms with van der Waals surface area (Å²) in [5.74, 6) is 0.601. The normalized spacial score (nSPS) is 32.5. The van der Waals surface area contributed by atoms with E-state index in [1.807, 2.05) is 0 Å². The number of nitrogens with one attached hydrogen (secondary N) is 1. The number of hydrogen-bond acceptors (Lipinski definition) is 2. The first kappa shape index (κ1) is 7.54. The molecule has 0 heterocycles. The van der Waals surface area contributed by atoms with Crippen LogP contribution >= 0.6 is 0 Å². The van der Waals surface area contributed by atoms with Gasteiger partial charge in [0.1, 0.15) is 0 Å². The van der Waals surface area contributed by atoms with Crippen LogP contribution in [0, 0.1) is 11.3 Å². The Kier molecular flexibility index (Phi) is 2.27. The third kappa shape index (κ3) is 1.48. The van der Waals surface area contributed by atoms with Gasteiger partial charge in [0.05, 0.1) is 11.9 Å². The summed E-state index contributed by atoms with van der Waals surface area (Å²) >= 11 is 0. The summed E-state index contributed by atoms with van der Waals surface area (Å²) in [7, 11) is 1.72. The van der Waals surface area contributed by atoms with E-state index in [-0.39, 0.29) is 5.92 Å². The van der Waals surface area contributed by atoms with Crippen LogP contribution in [0.1, 0.15) is 19.3 Å². The van der Waals surface area contributed by atoms with Crippen molar-refractivity contribution in [2.45, 2.75) is 25.4 Å². The van der Waals surface area contributed by atoms with Crippen molar-refractivity contribution in [1.82, 2.24) is 0 Å². The second kappa shape index (κ2) is 3.01. The first-order valence-electron chi connectivity index (χ1n) is 3.60. The van der Waals surface area contributed by atoms with Crippen molar-refractivity contribution in [3.05, 3.63) is 0 Å². The molecule has 3 heteroatoms. The van der Waals surface area contributed by atoms with Crippen LogP contribution in [0.4, 0.5) is 0 Å². The van der Waals surface area contributed by atoms with Crippen molar-refractivity contribution in [3.63, 3.8) is 0 Å². The van der Waals surface area contributed by atoms with E-state index in [1.54, 1.807) is 7.11 Å². The Morgan fingerprint density at radius 3 is 2.60 bits per heavy atom. The summed E-state index contributed by atoms with van der Waals surface area (Å²) in [5.41, 5.74) is 5.34. The molecule has 0 aliphatic heterocycles. The Morgan fingerprint density at radius 1 is 1.60 bits per heavy atom. The van der Waals surface area contributed by atoms with Crippen molar-refractivity contribution < 1.29 is 4.74 Å². The molecular weight excluding hydrogens is 128 g/mol. The van der Waals surface area contributed by atoms with E-state index < -0.39 is 0 Å². The molecule has 0 bridgehead atoms. The maximum Gasteiger partial charge on any atom is 0.0937 e. The lowest BCUT2D eigenvalue weighted by Gasteiger charge is -2.07. The van der Waals surface area contributed by atoms with Crippen LogP contribution < -0.4 is 5.73 Å². The minimum absolute atomic E-state index is 0.282. The van der Waals surface area contributed by atoms with Gasteiger partial charge in [0.25, 0.3) is 0 Å². The van der Waals surface area contributed by atoms with Crippen LogP contribution in [-0.4, -0.2) is 19.0 Å². The van der Waals surface area contributed by atoms with Crippen LogP contribution in [0.2, 0.25) is 0 Å². The van der Waals surface area contributed by atoms with E-state index in [4.69, 9.17) is 15.9 Å². The summed E-state index contributed by atoms with van der Waals surface area (Å²) in [4.78, 5) is 0. The molecule has 0 amide bonds. The van der Waals surface area contributed by atoms with Gasteiger partial charge in [0, 0.05) is 13.0 Å². The lowest BCUT2D eigenvalue weighted by atomic mass is 10.1. The molecule has 0 aromatic heterocycles. The molecule has 0 aromatic rings. The highest BCUT2D eigenvalue weighted by Crippen LogP contribution is 2.26. The molecule has 2 unspecified atom stereocenters. The Morgan fingerprint density at radius 2 is 2.30 bits per heavy atom. The average molecular weight is 142 g/mol. The van der Waals surface area contributed by atoms with Gasteiger partial charge >= 0.3 is 0 Å². The minimum atomic E-state index is 0.282. The van der Waals surface area contributed by atoms with Crippen LogP contribution in [0.25, 0.3) is 0 Å². The third-order valence-electron chi connectivity index (χ3n) is 2.16. The average Bonchev–Trinajstić information content (AvgIpc) is 2.34. The Labute approximate surface area is 61.1 Å². The fourth-order valence-corrected chi connectivity index (χ4v) is 1.44. The van der Waals surface area contributed by atoms with Crippen molar-refractivity contribution in [3.8, 4) is 0 Å². The largest absolute Gasteiger partial charge is 0.387 e. The highest BCUT2D eigenvalue weighted by atomic mass is 16.5. The molecule has 58 valence electrons. The predicted octanol–water partition coefficient (Wildman–Crippen LogP) is 0.737. The minimum Gasteiger partial charge on any atom is -0.387 e. The Bertz CT molecular complexity index is 136. The highest BCUT2D eigenvalue weighted by Gasteiger charge is 2.25. The van der Waals surface area contributed by atoms with Crippen molar-refractivity contribution >= 4 is 5.84 Å². The number of methoxy groups -OCH3 is 1. The van der Waals surface area contributed by atoms with Gasteiger partial charge < -0.3 is 10.5 Å². The molecule has 1 rings (SSSR count). The summed E-state index contributed by atoms with van der Waals surface area (Å²) in [5, 5.41) is 7.18. The van der Waals surface area contributed by atoms with Crippen LogP contribution in [0.5, 0.6) is 0 Å². The lowest BCUT2D eigenvalue weighted by Crippen LogP contribution is -2.20. The van der Waals surface area contributed by atoms with Gasteiger partial charge in [-0.3, -0.25) is 5.41 Å². The van der Waals surface area contributed by atoms with Crippen LogP contribution in [0.15, 0.2) is 0 Å². The summed E-state index contributed by atoms with van der Waals surface area (Å²) in [6.45, 7) is 0. The quantitative estimate of drug-likeness (QED) is 0.441. The van der Waals surface area contributed by atoms with E-state index in [1.165, 1.54) is 0 Å². The number of nitrogens with two attached hydrogens (primary N) is 1.